The second kappa shape index (κ2) is 11.8. The molecule has 4 N–H and O–H groups in total. The highest BCUT2D eigenvalue weighted by Crippen LogP contribution is 2.39. The molecule has 0 unspecified atom stereocenters. The minimum Gasteiger partial charge on any atom is -0.480 e. The topological polar surface area (TPSA) is 169 Å². The van der Waals surface area contributed by atoms with E-state index in [-0.39, 0.29) is 13.1 Å². The van der Waals surface area contributed by atoms with E-state index >= 15 is 0 Å². The number of benzene rings is 2. The van der Waals surface area contributed by atoms with Crippen LogP contribution in [0.1, 0.15) is 22.5 Å². The number of pyridine rings is 1. The van der Waals surface area contributed by atoms with Gasteiger partial charge >= 0.3 is 23.9 Å². The molecule has 0 saturated heterocycles. The first-order chi connectivity index (χ1) is 18.6. The lowest BCUT2D eigenvalue weighted by molar-refractivity contribution is -0.144. The Morgan fingerprint density at radius 3 is 1.62 bits per heavy atom. The zero-order valence-corrected chi connectivity index (χ0v) is 20.9. The number of carboxylic acids is 4. The molecule has 0 saturated carbocycles. The first-order valence-corrected chi connectivity index (χ1v) is 12.1. The Kier molecular flexibility index (Phi) is 8.33. The maximum absolute atomic E-state index is 11.3. The van der Waals surface area contributed by atoms with Crippen molar-refractivity contribution in [1.29, 1.82) is 0 Å². The van der Waals surface area contributed by atoms with Gasteiger partial charge in [-0.05, 0) is 58.0 Å². The van der Waals surface area contributed by atoms with E-state index in [2.05, 4.69) is 17.1 Å². The molecule has 1 aromatic heterocycles. The van der Waals surface area contributed by atoms with Crippen LogP contribution >= 0.6 is 0 Å². The minimum absolute atomic E-state index is 0.0922. The number of hydrogen-bond donors (Lipinski definition) is 4. The predicted molar refractivity (Wildman–Crippen MR) is 139 cm³/mol. The first-order valence-electron chi connectivity index (χ1n) is 12.1. The van der Waals surface area contributed by atoms with Crippen LogP contribution in [0.5, 0.6) is 0 Å². The average molecular weight is 534 g/mol. The molecule has 0 fully saturated rings. The summed E-state index contributed by atoms with van der Waals surface area (Å²) in [6.07, 6.45) is 0.817. The molecule has 4 rings (SSSR count). The van der Waals surface area contributed by atoms with Gasteiger partial charge in [0, 0.05) is 13.1 Å². The standard InChI is InChI=1S/C28H27N3O8/c32-25(33)13-30(14-26(34)35)11-21-8-20(9-22(29-21)12-31(15-27(36)37)16-28(38)39)17-5-6-19-7-18-3-1-2-4-23(18)24(19)10-17/h1-6,8-10H,7,11-16H2,(H,32,33)(H,34,35)(H,36,37)(H,38,39). The number of aromatic nitrogens is 1. The van der Waals surface area contributed by atoms with Gasteiger partial charge in [-0.2, -0.15) is 0 Å². The molecule has 11 heteroatoms. The molecular weight excluding hydrogens is 506 g/mol. The smallest absolute Gasteiger partial charge is 0.317 e. The van der Waals surface area contributed by atoms with Crippen molar-refractivity contribution >= 4 is 23.9 Å². The van der Waals surface area contributed by atoms with Gasteiger partial charge in [0.1, 0.15) is 0 Å². The number of rotatable bonds is 13. The summed E-state index contributed by atoms with van der Waals surface area (Å²) in [5, 5.41) is 37.0. The fraction of sp³-hybridized carbons (Fsp3) is 0.250. The highest BCUT2D eigenvalue weighted by molar-refractivity contribution is 5.81. The number of aliphatic carboxylic acids is 4. The Labute approximate surface area is 223 Å². The van der Waals surface area contributed by atoms with E-state index < -0.39 is 50.1 Å². The molecule has 0 bridgehead atoms. The summed E-state index contributed by atoms with van der Waals surface area (Å²) in [5.41, 5.74) is 6.90. The van der Waals surface area contributed by atoms with Crippen molar-refractivity contribution < 1.29 is 39.6 Å². The van der Waals surface area contributed by atoms with Crippen LogP contribution in [-0.2, 0) is 38.7 Å². The van der Waals surface area contributed by atoms with Gasteiger partial charge in [-0.15, -0.1) is 0 Å². The van der Waals surface area contributed by atoms with Crippen LogP contribution < -0.4 is 0 Å². The summed E-state index contributed by atoms with van der Waals surface area (Å²) in [6, 6.07) is 17.6. The van der Waals surface area contributed by atoms with Gasteiger partial charge in [-0.1, -0.05) is 36.4 Å². The average Bonchev–Trinajstić information content (AvgIpc) is 3.20. The first kappa shape index (κ1) is 27.4. The quantitative estimate of drug-likeness (QED) is 0.199. The van der Waals surface area contributed by atoms with Crippen LogP contribution in [0, 0.1) is 0 Å². The Morgan fingerprint density at radius 2 is 1.10 bits per heavy atom. The van der Waals surface area contributed by atoms with Gasteiger partial charge in [0.2, 0.25) is 0 Å². The largest absolute Gasteiger partial charge is 0.480 e. The molecule has 1 heterocycles. The third-order valence-corrected chi connectivity index (χ3v) is 6.27. The summed E-state index contributed by atoms with van der Waals surface area (Å²) >= 11 is 0. The van der Waals surface area contributed by atoms with Crippen molar-refractivity contribution in [2.75, 3.05) is 26.2 Å². The lowest BCUT2D eigenvalue weighted by Gasteiger charge is -2.21. The lowest BCUT2D eigenvalue weighted by atomic mass is 9.98. The van der Waals surface area contributed by atoms with Gasteiger partial charge in [0.05, 0.1) is 37.6 Å². The number of hydrogen-bond acceptors (Lipinski definition) is 7. The fourth-order valence-corrected chi connectivity index (χ4v) is 4.84. The zero-order valence-electron chi connectivity index (χ0n) is 20.9. The van der Waals surface area contributed by atoms with E-state index in [1.54, 1.807) is 12.1 Å². The lowest BCUT2D eigenvalue weighted by Crippen LogP contribution is -2.35. The van der Waals surface area contributed by atoms with E-state index in [1.165, 1.54) is 20.9 Å². The molecular formula is C28H27N3O8. The molecule has 202 valence electrons. The van der Waals surface area contributed by atoms with E-state index in [4.69, 9.17) is 0 Å². The number of carboxylic acid groups (broad SMARTS) is 4. The molecule has 2 aromatic carbocycles. The van der Waals surface area contributed by atoms with Crippen LogP contribution in [0.2, 0.25) is 0 Å². The van der Waals surface area contributed by atoms with E-state index in [9.17, 15) is 39.6 Å². The molecule has 39 heavy (non-hydrogen) atoms. The molecule has 11 nitrogen and oxygen atoms in total. The second-order valence-corrected chi connectivity index (χ2v) is 9.41. The maximum Gasteiger partial charge on any atom is 0.317 e. The van der Waals surface area contributed by atoms with Gasteiger partial charge < -0.3 is 20.4 Å². The summed E-state index contributed by atoms with van der Waals surface area (Å²) in [4.78, 5) is 52.2. The number of fused-ring (bicyclic) bond motifs is 3. The van der Waals surface area contributed by atoms with E-state index in [0.29, 0.717) is 17.0 Å². The van der Waals surface area contributed by atoms with Crippen LogP contribution in [0.3, 0.4) is 0 Å². The Hall–Kier alpha value is -4.61. The summed E-state index contributed by atoms with van der Waals surface area (Å²) in [5.74, 6) is -4.78. The van der Waals surface area contributed by atoms with Crippen molar-refractivity contribution in [2.45, 2.75) is 19.5 Å². The molecule has 0 atom stereocenters. The second-order valence-electron chi connectivity index (χ2n) is 9.41. The molecule has 3 aromatic rings. The molecule has 0 spiro atoms. The predicted octanol–water partition coefficient (Wildman–Crippen LogP) is 2.26. The Bertz CT molecular complexity index is 1350. The SMILES string of the molecule is O=C(O)CN(CC(=O)O)Cc1cc(-c2ccc3c(c2)-c2ccccc2C3)cc(CN(CC(=O)O)CC(=O)O)n1. The normalized spacial score (nSPS) is 11.8. The van der Waals surface area contributed by atoms with Crippen molar-refractivity contribution in [3.63, 3.8) is 0 Å². The molecule has 1 aliphatic rings. The summed E-state index contributed by atoms with van der Waals surface area (Å²) in [6.45, 7) is -2.27. The van der Waals surface area contributed by atoms with Crippen LogP contribution in [0.25, 0.3) is 22.3 Å². The van der Waals surface area contributed by atoms with Crippen LogP contribution in [-0.4, -0.2) is 85.3 Å². The molecule has 0 amide bonds. The van der Waals surface area contributed by atoms with Crippen LogP contribution in [0.15, 0.2) is 54.6 Å². The molecule has 0 aliphatic heterocycles. The Morgan fingerprint density at radius 1 is 0.615 bits per heavy atom. The van der Waals surface area contributed by atoms with Gasteiger partial charge in [-0.25, -0.2) is 0 Å². The zero-order chi connectivity index (χ0) is 28.1. The third kappa shape index (κ3) is 7.24. The van der Waals surface area contributed by atoms with E-state index in [1.807, 2.05) is 30.3 Å². The monoisotopic (exact) mass is 533 g/mol. The summed E-state index contributed by atoms with van der Waals surface area (Å²) in [7, 11) is 0. The minimum atomic E-state index is -1.20. The van der Waals surface area contributed by atoms with Gasteiger partial charge in [0.15, 0.2) is 0 Å². The van der Waals surface area contributed by atoms with E-state index in [0.717, 1.165) is 23.1 Å². The molecule has 1 aliphatic carbocycles. The highest BCUT2D eigenvalue weighted by atomic mass is 16.4. The third-order valence-electron chi connectivity index (χ3n) is 6.27. The van der Waals surface area contributed by atoms with Crippen molar-refractivity contribution in [2.24, 2.45) is 0 Å². The Balaban J connectivity index is 1.74. The molecule has 0 radical (unpaired) electrons. The van der Waals surface area contributed by atoms with Gasteiger partial charge in [-0.3, -0.25) is 34.0 Å². The van der Waals surface area contributed by atoms with Crippen molar-refractivity contribution in [3.8, 4) is 22.3 Å². The number of nitrogens with zero attached hydrogens (tertiary/aromatic N) is 3. The summed E-state index contributed by atoms with van der Waals surface area (Å²) < 4.78 is 0. The number of carbonyl (C=O) groups is 4. The van der Waals surface area contributed by atoms with Crippen LogP contribution in [0.4, 0.5) is 0 Å². The maximum atomic E-state index is 11.3. The van der Waals surface area contributed by atoms with Gasteiger partial charge in [0.25, 0.3) is 0 Å². The van der Waals surface area contributed by atoms with Crippen molar-refractivity contribution in [1.82, 2.24) is 14.8 Å². The van der Waals surface area contributed by atoms with Crippen molar-refractivity contribution in [3.05, 3.63) is 77.1 Å². The highest BCUT2D eigenvalue weighted by Gasteiger charge is 2.21. The fourth-order valence-electron chi connectivity index (χ4n) is 4.84.